The molecule has 2 amide bonds. The van der Waals surface area contributed by atoms with Crippen molar-refractivity contribution in [3.05, 3.63) is 48.3 Å². The van der Waals surface area contributed by atoms with E-state index in [2.05, 4.69) is 30.4 Å². The third kappa shape index (κ3) is 5.15. The van der Waals surface area contributed by atoms with Gasteiger partial charge in [0, 0.05) is 57.3 Å². The highest BCUT2D eigenvalue weighted by molar-refractivity contribution is 5.89. The highest BCUT2D eigenvalue weighted by Crippen LogP contribution is 2.09. The number of urea groups is 1. The molecule has 1 aliphatic rings. The predicted octanol–water partition coefficient (Wildman–Crippen LogP) is 1.73. The quantitative estimate of drug-likeness (QED) is 0.867. The summed E-state index contributed by atoms with van der Waals surface area (Å²) >= 11 is 0. The van der Waals surface area contributed by atoms with Gasteiger partial charge in [0.25, 0.3) is 0 Å². The molecule has 1 aromatic carbocycles. The Morgan fingerprint density at radius 2 is 1.76 bits per heavy atom. The van der Waals surface area contributed by atoms with Gasteiger partial charge in [-0.15, -0.1) is 0 Å². The zero-order valence-electron chi connectivity index (χ0n) is 14.5. The summed E-state index contributed by atoms with van der Waals surface area (Å²) < 4.78 is 0. The van der Waals surface area contributed by atoms with Gasteiger partial charge in [0.1, 0.15) is 0 Å². The highest BCUT2D eigenvalue weighted by Gasteiger charge is 2.18. The third-order valence-electron chi connectivity index (χ3n) is 4.23. The van der Waals surface area contributed by atoms with Crippen LogP contribution in [0.5, 0.6) is 0 Å². The van der Waals surface area contributed by atoms with E-state index in [0.29, 0.717) is 6.54 Å². The van der Waals surface area contributed by atoms with E-state index >= 15 is 0 Å². The molecule has 0 unspecified atom stereocenters. The molecular formula is C18H24N6O. The van der Waals surface area contributed by atoms with Crippen LogP contribution in [0.1, 0.15) is 5.56 Å². The van der Waals surface area contributed by atoms with Crippen molar-refractivity contribution in [2.45, 2.75) is 6.92 Å². The Bertz CT molecular complexity index is 668. The van der Waals surface area contributed by atoms with Crippen molar-refractivity contribution < 1.29 is 4.79 Å². The average Bonchev–Trinajstić information content (AvgIpc) is 2.65. The second-order valence-electron chi connectivity index (χ2n) is 6.12. The number of rotatable bonds is 5. The maximum Gasteiger partial charge on any atom is 0.319 e. The lowest BCUT2D eigenvalue weighted by Crippen LogP contribution is -2.49. The van der Waals surface area contributed by atoms with Crippen LogP contribution >= 0.6 is 0 Å². The molecule has 0 saturated carbocycles. The highest BCUT2D eigenvalue weighted by atomic mass is 16.2. The molecule has 0 bridgehead atoms. The van der Waals surface area contributed by atoms with Crippen LogP contribution in [0.2, 0.25) is 0 Å². The Morgan fingerprint density at radius 3 is 2.44 bits per heavy atom. The maximum atomic E-state index is 11.9. The van der Waals surface area contributed by atoms with E-state index in [4.69, 9.17) is 0 Å². The first-order chi connectivity index (χ1) is 12.2. The lowest BCUT2D eigenvalue weighted by Gasteiger charge is -2.34. The number of aromatic nitrogens is 2. The summed E-state index contributed by atoms with van der Waals surface area (Å²) in [6.45, 7) is 7.18. The standard InChI is InChI=1S/C18H24N6O/c1-15-3-5-16(6-4-15)22-18(25)21-9-10-23-11-13-24(14-12-23)17-19-7-2-8-20-17/h2-8H,9-14H2,1H3,(H2,21,22,25). The molecule has 0 aliphatic carbocycles. The number of piperazine rings is 1. The molecule has 1 fully saturated rings. The number of anilines is 2. The summed E-state index contributed by atoms with van der Waals surface area (Å²) in [5.41, 5.74) is 1.98. The molecule has 3 rings (SSSR count). The van der Waals surface area contributed by atoms with Crippen LogP contribution in [-0.2, 0) is 0 Å². The molecule has 7 nitrogen and oxygen atoms in total. The van der Waals surface area contributed by atoms with Crippen molar-refractivity contribution >= 4 is 17.7 Å². The van der Waals surface area contributed by atoms with E-state index in [1.807, 2.05) is 37.3 Å². The number of nitrogens with one attached hydrogen (secondary N) is 2. The Labute approximate surface area is 148 Å². The van der Waals surface area contributed by atoms with Crippen molar-refractivity contribution in [2.75, 3.05) is 49.5 Å². The smallest absolute Gasteiger partial charge is 0.319 e. The minimum absolute atomic E-state index is 0.167. The van der Waals surface area contributed by atoms with E-state index in [1.54, 1.807) is 12.4 Å². The van der Waals surface area contributed by atoms with E-state index in [0.717, 1.165) is 44.4 Å². The van der Waals surface area contributed by atoms with Gasteiger partial charge in [-0.1, -0.05) is 17.7 Å². The number of carbonyl (C=O) groups excluding carboxylic acids is 1. The van der Waals surface area contributed by atoms with Gasteiger partial charge in [-0.05, 0) is 25.1 Å². The number of hydrogen-bond acceptors (Lipinski definition) is 5. The number of amides is 2. The van der Waals surface area contributed by atoms with Crippen LogP contribution in [0.15, 0.2) is 42.7 Å². The summed E-state index contributed by atoms with van der Waals surface area (Å²) in [6.07, 6.45) is 3.54. The zero-order chi connectivity index (χ0) is 17.5. The number of carbonyl (C=O) groups is 1. The van der Waals surface area contributed by atoms with E-state index in [1.165, 1.54) is 5.56 Å². The second kappa shape index (κ2) is 8.43. The molecule has 25 heavy (non-hydrogen) atoms. The Morgan fingerprint density at radius 1 is 1.08 bits per heavy atom. The van der Waals surface area contributed by atoms with Gasteiger partial charge in [0.15, 0.2) is 0 Å². The van der Waals surface area contributed by atoms with E-state index in [9.17, 15) is 4.79 Å². The van der Waals surface area contributed by atoms with E-state index in [-0.39, 0.29) is 6.03 Å². The molecule has 2 N–H and O–H groups in total. The van der Waals surface area contributed by atoms with Crippen molar-refractivity contribution in [3.8, 4) is 0 Å². The normalized spacial score (nSPS) is 15.0. The lowest BCUT2D eigenvalue weighted by molar-refractivity contribution is 0.240. The first-order valence-electron chi connectivity index (χ1n) is 8.56. The second-order valence-corrected chi connectivity index (χ2v) is 6.12. The fourth-order valence-electron chi connectivity index (χ4n) is 2.77. The molecule has 7 heteroatoms. The van der Waals surface area contributed by atoms with Crippen LogP contribution in [0, 0.1) is 6.92 Å². The summed E-state index contributed by atoms with van der Waals surface area (Å²) in [5.74, 6) is 0.790. The Kier molecular flexibility index (Phi) is 5.79. The van der Waals surface area contributed by atoms with Crippen LogP contribution in [0.3, 0.4) is 0 Å². The molecule has 2 heterocycles. The zero-order valence-corrected chi connectivity index (χ0v) is 14.5. The predicted molar refractivity (Wildman–Crippen MR) is 98.9 cm³/mol. The van der Waals surface area contributed by atoms with Gasteiger partial charge in [-0.2, -0.15) is 0 Å². The number of hydrogen-bond donors (Lipinski definition) is 2. The molecule has 132 valence electrons. The fraction of sp³-hybridized carbons (Fsp3) is 0.389. The van der Waals surface area contributed by atoms with Crippen LogP contribution < -0.4 is 15.5 Å². The van der Waals surface area contributed by atoms with E-state index < -0.39 is 0 Å². The molecule has 0 radical (unpaired) electrons. The Hall–Kier alpha value is -2.67. The van der Waals surface area contributed by atoms with Gasteiger partial charge in [-0.3, -0.25) is 4.90 Å². The first-order valence-corrected chi connectivity index (χ1v) is 8.56. The Balaban J connectivity index is 1.34. The van der Waals surface area contributed by atoms with Crippen molar-refractivity contribution in [1.29, 1.82) is 0 Å². The van der Waals surface area contributed by atoms with Gasteiger partial charge in [0.05, 0.1) is 0 Å². The molecule has 2 aromatic rings. The summed E-state index contributed by atoms with van der Waals surface area (Å²) in [4.78, 5) is 25.0. The molecule has 0 atom stereocenters. The van der Waals surface area contributed by atoms with Gasteiger partial charge < -0.3 is 15.5 Å². The molecule has 1 aromatic heterocycles. The van der Waals surface area contributed by atoms with Crippen molar-refractivity contribution in [3.63, 3.8) is 0 Å². The van der Waals surface area contributed by atoms with Crippen LogP contribution in [0.25, 0.3) is 0 Å². The average molecular weight is 340 g/mol. The van der Waals surface area contributed by atoms with Crippen LogP contribution in [0.4, 0.5) is 16.4 Å². The summed E-state index contributed by atoms with van der Waals surface area (Å²) in [5, 5.41) is 5.75. The third-order valence-corrected chi connectivity index (χ3v) is 4.23. The minimum atomic E-state index is -0.167. The summed E-state index contributed by atoms with van der Waals surface area (Å²) in [7, 11) is 0. The van der Waals surface area contributed by atoms with Crippen molar-refractivity contribution in [2.24, 2.45) is 0 Å². The molecule has 0 spiro atoms. The van der Waals surface area contributed by atoms with Crippen LogP contribution in [-0.4, -0.2) is 60.2 Å². The van der Waals surface area contributed by atoms with Gasteiger partial charge in [-0.25, -0.2) is 14.8 Å². The van der Waals surface area contributed by atoms with Gasteiger partial charge >= 0.3 is 6.03 Å². The number of benzene rings is 1. The van der Waals surface area contributed by atoms with Crippen molar-refractivity contribution in [1.82, 2.24) is 20.2 Å². The first kappa shape index (κ1) is 17.2. The number of nitrogens with zero attached hydrogens (tertiary/aromatic N) is 4. The maximum absolute atomic E-state index is 11.9. The minimum Gasteiger partial charge on any atom is -0.338 e. The largest absolute Gasteiger partial charge is 0.338 e. The fourth-order valence-corrected chi connectivity index (χ4v) is 2.77. The monoisotopic (exact) mass is 340 g/mol. The summed E-state index contributed by atoms with van der Waals surface area (Å²) in [6, 6.07) is 9.42. The van der Waals surface area contributed by atoms with Gasteiger partial charge in [0.2, 0.25) is 5.95 Å². The number of aryl methyl sites for hydroxylation is 1. The molecule has 1 saturated heterocycles. The lowest BCUT2D eigenvalue weighted by atomic mass is 10.2. The SMILES string of the molecule is Cc1ccc(NC(=O)NCCN2CCN(c3ncccn3)CC2)cc1. The topological polar surface area (TPSA) is 73.4 Å². The molecular weight excluding hydrogens is 316 g/mol. The molecule has 1 aliphatic heterocycles.